The van der Waals surface area contributed by atoms with E-state index < -0.39 is 0 Å². The Labute approximate surface area is 65.5 Å². The van der Waals surface area contributed by atoms with Crippen molar-refractivity contribution in [1.82, 2.24) is 10.3 Å². The van der Waals surface area contributed by atoms with Gasteiger partial charge in [0, 0.05) is 13.1 Å². The Morgan fingerprint density at radius 3 is 2.82 bits per heavy atom. The monoisotopic (exact) mass is 152 g/mol. The van der Waals surface area contributed by atoms with E-state index in [2.05, 4.69) is 15.4 Å². The number of morpholine rings is 1. The summed E-state index contributed by atoms with van der Waals surface area (Å²) < 4.78 is 5.22. The summed E-state index contributed by atoms with van der Waals surface area (Å²) in [5.74, 6) is 0. The summed E-state index contributed by atoms with van der Waals surface area (Å²) >= 11 is 0. The van der Waals surface area contributed by atoms with Crippen LogP contribution in [0.2, 0.25) is 0 Å². The van der Waals surface area contributed by atoms with E-state index in [1.807, 2.05) is 0 Å². The summed E-state index contributed by atoms with van der Waals surface area (Å²) in [4.78, 5) is 2.23. The molecule has 2 heterocycles. The van der Waals surface area contributed by atoms with Crippen LogP contribution in [0, 0.1) is 0 Å². The van der Waals surface area contributed by atoms with Gasteiger partial charge in [0.05, 0.1) is 31.3 Å². The molecule has 2 rings (SSSR count). The topological polar surface area (TPSA) is 38.9 Å². The zero-order chi connectivity index (χ0) is 7.52. The first-order valence-corrected chi connectivity index (χ1v) is 3.73. The second-order valence-electron chi connectivity index (χ2n) is 2.51. The van der Waals surface area contributed by atoms with Crippen molar-refractivity contribution >= 4 is 6.21 Å². The molecule has 0 atom stereocenters. The van der Waals surface area contributed by atoms with Gasteiger partial charge in [-0.15, -0.1) is 0 Å². The number of allylic oxidation sites excluding steroid dienone is 1. The molecule has 0 aromatic carbocycles. The van der Waals surface area contributed by atoms with Gasteiger partial charge in [0.1, 0.15) is 0 Å². The van der Waals surface area contributed by atoms with Gasteiger partial charge in [-0.05, 0) is 0 Å². The summed E-state index contributed by atoms with van der Waals surface area (Å²) in [5, 5.41) is 3.76. The highest BCUT2D eigenvalue weighted by atomic mass is 16.5. The third-order valence-corrected chi connectivity index (χ3v) is 1.82. The number of rotatable bonds is 1. The van der Waals surface area contributed by atoms with Gasteiger partial charge in [-0.3, -0.25) is 0 Å². The van der Waals surface area contributed by atoms with Crippen LogP contribution in [0.15, 0.2) is 17.0 Å². The lowest BCUT2D eigenvalue weighted by molar-refractivity contribution is 0.0567. The third-order valence-electron chi connectivity index (χ3n) is 1.82. The van der Waals surface area contributed by atoms with Crippen molar-refractivity contribution in [2.75, 3.05) is 26.3 Å². The molecule has 59 valence electrons. The van der Waals surface area contributed by atoms with Crippen molar-refractivity contribution in [2.45, 2.75) is 0 Å². The fraction of sp³-hybridized carbons (Fsp3) is 0.571. The van der Waals surface area contributed by atoms with Gasteiger partial charge in [-0.25, -0.2) is 0 Å². The molecule has 0 N–H and O–H groups in total. The van der Waals surface area contributed by atoms with E-state index in [9.17, 15) is 0 Å². The van der Waals surface area contributed by atoms with Crippen molar-refractivity contribution in [2.24, 2.45) is 5.10 Å². The molecule has 0 aliphatic carbocycles. The Hall–Kier alpha value is -1.03. The minimum absolute atomic E-state index is 0.811. The van der Waals surface area contributed by atoms with Gasteiger partial charge < -0.3 is 9.64 Å². The number of hydrogen-bond donors (Lipinski definition) is 0. The van der Waals surface area contributed by atoms with Gasteiger partial charge >= 0.3 is 0 Å². The molecule has 2 aliphatic rings. The fourth-order valence-corrected chi connectivity index (χ4v) is 1.20. The largest absolute Gasteiger partial charge is 0.378 e. The Morgan fingerprint density at radius 1 is 1.36 bits per heavy atom. The van der Waals surface area contributed by atoms with Gasteiger partial charge in [0.15, 0.2) is 0 Å². The maximum Gasteiger partial charge on any atom is 0.0777 e. The van der Waals surface area contributed by atoms with Gasteiger partial charge in [0.25, 0.3) is 0 Å². The molecule has 0 amide bonds. The molecule has 1 saturated heterocycles. The first-order chi connectivity index (χ1) is 5.47. The molecule has 0 saturated carbocycles. The van der Waals surface area contributed by atoms with Crippen molar-refractivity contribution < 1.29 is 4.74 Å². The second-order valence-corrected chi connectivity index (χ2v) is 2.51. The van der Waals surface area contributed by atoms with Crippen molar-refractivity contribution in [3.05, 3.63) is 11.9 Å². The summed E-state index contributed by atoms with van der Waals surface area (Å²) in [5.41, 5.74) is 4.87. The van der Waals surface area contributed by atoms with E-state index in [0.29, 0.717) is 0 Å². The number of nitrogens with zero attached hydrogens (tertiary/aromatic N) is 3. The molecular weight excluding hydrogens is 142 g/mol. The molecular formula is C7H10N3O. The summed E-state index contributed by atoms with van der Waals surface area (Å²) in [6.45, 7) is 3.52. The van der Waals surface area contributed by atoms with Gasteiger partial charge in [0.2, 0.25) is 0 Å². The smallest absolute Gasteiger partial charge is 0.0777 e. The summed E-state index contributed by atoms with van der Waals surface area (Å²) in [7, 11) is 0. The lowest BCUT2D eigenvalue weighted by Gasteiger charge is -2.27. The maximum atomic E-state index is 5.22. The van der Waals surface area contributed by atoms with Gasteiger partial charge in [-0.1, -0.05) is 0 Å². The van der Waals surface area contributed by atoms with Crippen LogP contribution in [0.25, 0.3) is 0 Å². The Balaban J connectivity index is 1.97. The van der Waals surface area contributed by atoms with Crippen LogP contribution < -0.4 is 5.43 Å². The molecule has 11 heavy (non-hydrogen) atoms. The predicted molar refractivity (Wildman–Crippen MR) is 41.1 cm³/mol. The van der Waals surface area contributed by atoms with E-state index in [-0.39, 0.29) is 0 Å². The number of ether oxygens (including phenoxy) is 1. The lowest BCUT2D eigenvalue weighted by atomic mass is 10.3. The zero-order valence-electron chi connectivity index (χ0n) is 6.23. The molecule has 0 spiro atoms. The highest BCUT2D eigenvalue weighted by molar-refractivity contribution is 5.79. The third kappa shape index (κ3) is 1.35. The van der Waals surface area contributed by atoms with Crippen LogP contribution in [0.5, 0.6) is 0 Å². The average molecular weight is 152 g/mol. The Morgan fingerprint density at radius 2 is 2.18 bits per heavy atom. The first kappa shape index (κ1) is 6.67. The van der Waals surface area contributed by atoms with Crippen LogP contribution in [0.4, 0.5) is 0 Å². The molecule has 1 radical (unpaired) electrons. The zero-order valence-corrected chi connectivity index (χ0v) is 6.23. The van der Waals surface area contributed by atoms with E-state index in [1.54, 1.807) is 12.4 Å². The van der Waals surface area contributed by atoms with E-state index in [0.717, 1.165) is 32.0 Å². The SMILES string of the molecule is C1=N[N]C=C1N1CCOCC1. The van der Waals surface area contributed by atoms with Crippen LogP contribution >= 0.6 is 0 Å². The highest BCUT2D eigenvalue weighted by Gasteiger charge is 2.13. The summed E-state index contributed by atoms with van der Waals surface area (Å²) in [6, 6.07) is 0. The van der Waals surface area contributed by atoms with Crippen LogP contribution in [-0.4, -0.2) is 37.4 Å². The number of hydrogen-bond acceptors (Lipinski definition) is 3. The van der Waals surface area contributed by atoms with Crippen LogP contribution in [-0.2, 0) is 4.74 Å². The van der Waals surface area contributed by atoms with E-state index in [1.165, 1.54) is 0 Å². The predicted octanol–water partition coefficient (Wildman–Crippen LogP) is -0.236. The van der Waals surface area contributed by atoms with E-state index in [4.69, 9.17) is 4.74 Å². The van der Waals surface area contributed by atoms with Crippen molar-refractivity contribution in [3.8, 4) is 0 Å². The molecule has 4 heteroatoms. The van der Waals surface area contributed by atoms with Gasteiger partial charge in [-0.2, -0.15) is 10.5 Å². The minimum atomic E-state index is 0.811. The molecule has 0 bridgehead atoms. The molecule has 4 nitrogen and oxygen atoms in total. The van der Waals surface area contributed by atoms with Crippen LogP contribution in [0.1, 0.15) is 0 Å². The maximum absolute atomic E-state index is 5.22. The Kier molecular flexibility index (Phi) is 1.77. The quantitative estimate of drug-likeness (QED) is 0.520. The summed E-state index contributed by atoms with van der Waals surface area (Å²) in [6.07, 6.45) is 3.57. The molecule has 0 aromatic rings. The molecule has 1 fully saturated rings. The average Bonchev–Trinajstić information content (AvgIpc) is 2.58. The first-order valence-electron chi connectivity index (χ1n) is 3.73. The lowest BCUT2D eigenvalue weighted by Crippen LogP contribution is -2.35. The van der Waals surface area contributed by atoms with Crippen molar-refractivity contribution in [1.29, 1.82) is 0 Å². The Bertz CT molecular complexity index is 194. The standard InChI is InChI=1S/C7H10N3O/c1-3-11-4-2-10(1)7-5-8-9-6-7/h5-6H,1-4H2. The van der Waals surface area contributed by atoms with Crippen LogP contribution in [0.3, 0.4) is 0 Å². The fourth-order valence-electron chi connectivity index (χ4n) is 1.20. The molecule has 0 unspecified atom stereocenters. The highest BCUT2D eigenvalue weighted by Crippen LogP contribution is 2.07. The van der Waals surface area contributed by atoms with E-state index >= 15 is 0 Å². The molecule has 0 aromatic heterocycles. The van der Waals surface area contributed by atoms with Crippen molar-refractivity contribution in [3.63, 3.8) is 0 Å². The normalized spacial score (nSPS) is 23.3. The second kappa shape index (κ2) is 2.92. The molecule has 2 aliphatic heterocycles. The minimum Gasteiger partial charge on any atom is -0.378 e.